The molecule has 2 rings (SSSR count). The molecule has 0 saturated carbocycles. The molecule has 1 aliphatic heterocycles. The molecule has 5 nitrogen and oxygen atoms in total. The molecule has 2 N–H and O–H groups in total. The van der Waals surface area contributed by atoms with Crippen LogP contribution in [0.15, 0.2) is 23.2 Å². The highest BCUT2D eigenvalue weighted by Gasteiger charge is 2.15. The number of anilines is 1. The van der Waals surface area contributed by atoms with Crippen molar-refractivity contribution in [1.29, 1.82) is 0 Å². The lowest BCUT2D eigenvalue weighted by atomic mass is 10.1. The Bertz CT molecular complexity index is 556. The molecule has 0 aromatic heterocycles. The van der Waals surface area contributed by atoms with Gasteiger partial charge in [0.1, 0.15) is 5.82 Å². The molecule has 6 heteroatoms. The number of nitrogens with zero attached hydrogens (tertiary/aromatic N) is 2. The topological polar surface area (TPSA) is 48.9 Å². The van der Waals surface area contributed by atoms with Crippen molar-refractivity contribution in [2.45, 2.75) is 33.2 Å². The van der Waals surface area contributed by atoms with E-state index in [1.165, 1.54) is 6.42 Å². The zero-order valence-electron chi connectivity index (χ0n) is 15.6. The fraction of sp³-hybridized carbons (Fsp3) is 0.632. The van der Waals surface area contributed by atoms with Gasteiger partial charge in [-0.1, -0.05) is 19.9 Å². The first-order chi connectivity index (χ1) is 12.1. The zero-order chi connectivity index (χ0) is 18.1. The summed E-state index contributed by atoms with van der Waals surface area (Å²) in [5, 5.41) is 6.53. The average Bonchev–Trinajstić information content (AvgIpc) is 2.61. The highest BCUT2D eigenvalue weighted by Crippen LogP contribution is 2.21. The molecule has 0 atom stereocenters. The van der Waals surface area contributed by atoms with Crippen LogP contribution in [0.4, 0.5) is 10.1 Å². The van der Waals surface area contributed by atoms with E-state index in [-0.39, 0.29) is 5.82 Å². The molecule has 1 heterocycles. The molecule has 140 valence electrons. The molecule has 1 aromatic rings. The van der Waals surface area contributed by atoms with Gasteiger partial charge in [0.15, 0.2) is 5.96 Å². The van der Waals surface area contributed by atoms with Crippen LogP contribution in [-0.2, 0) is 11.3 Å². The first-order valence-corrected chi connectivity index (χ1v) is 9.15. The van der Waals surface area contributed by atoms with Crippen LogP contribution >= 0.6 is 0 Å². The lowest BCUT2D eigenvalue weighted by Gasteiger charge is -2.29. The smallest absolute Gasteiger partial charge is 0.191 e. The largest absolute Gasteiger partial charge is 0.378 e. The third-order valence-electron chi connectivity index (χ3n) is 4.30. The van der Waals surface area contributed by atoms with E-state index in [0.29, 0.717) is 31.4 Å². The van der Waals surface area contributed by atoms with Gasteiger partial charge in [0.25, 0.3) is 0 Å². The molecule has 0 aliphatic carbocycles. The highest BCUT2D eigenvalue weighted by atomic mass is 19.1. The van der Waals surface area contributed by atoms with Gasteiger partial charge >= 0.3 is 0 Å². The van der Waals surface area contributed by atoms with Gasteiger partial charge in [0.05, 0.1) is 18.9 Å². The van der Waals surface area contributed by atoms with Gasteiger partial charge in [-0.2, -0.15) is 0 Å². The molecule has 0 spiro atoms. The SMILES string of the molecule is CN=C(NCCCC(C)C)NCc1ccc(N2CCOCC2)c(F)c1. The Morgan fingerprint density at radius 2 is 2.04 bits per heavy atom. The molecule has 1 fully saturated rings. The van der Waals surface area contributed by atoms with Crippen molar-refractivity contribution < 1.29 is 9.13 Å². The molecule has 0 unspecified atom stereocenters. The van der Waals surface area contributed by atoms with Gasteiger partial charge in [-0.15, -0.1) is 0 Å². The summed E-state index contributed by atoms with van der Waals surface area (Å²) in [6.45, 7) is 8.67. The second kappa shape index (κ2) is 10.2. The third kappa shape index (κ3) is 6.53. The van der Waals surface area contributed by atoms with Crippen LogP contribution in [-0.4, -0.2) is 45.9 Å². The van der Waals surface area contributed by atoms with Crippen LogP contribution in [0.25, 0.3) is 0 Å². The van der Waals surface area contributed by atoms with Gasteiger partial charge in [-0.3, -0.25) is 4.99 Å². The number of halogens is 1. The van der Waals surface area contributed by atoms with Gasteiger partial charge in [0, 0.05) is 33.2 Å². The van der Waals surface area contributed by atoms with Crippen molar-refractivity contribution in [3.8, 4) is 0 Å². The molecule has 1 saturated heterocycles. The molecule has 0 radical (unpaired) electrons. The standard InChI is InChI=1S/C19H31FN4O/c1-15(2)5-4-8-22-19(21-3)23-14-16-6-7-18(17(20)13-16)24-9-11-25-12-10-24/h6-7,13,15H,4-5,8-12,14H2,1-3H3,(H2,21,22,23). The number of nitrogens with one attached hydrogen (secondary N) is 2. The normalized spacial score (nSPS) is 15.6. The number of hydrogen-bond acceptors (Lipinski definition) is 3. The van der Waals surface area contributed by atoms with Crippen LogP contribution in [0.3, 0.4) is 0 Å². The summed E-state index contributed by atoms with van der Waals surface area (Å²) in [5.41, 5.74) is 1.56. The van der Waals surface area contributed by atoms with Crippen LogP contribution in [0.5, 0.6) is 0 Å². The van der Waals surface area contributed by atoms with Crippen molar-refractivity contribution in [3.05, 3.63) is 29.6 Å². The van der Waals surface area contributed by atoms with Crippen LogP contribution in [0.2, 0.25) is 0 Å². The Hall–Kier alpha value is -1.82. The number of ether oxygens (including phenoxy) is 1. The van der Waals surface area contributed by atoms with Gasteiger partial charge < -0.3 is 20.3 Å². The Kier molecular flexibility index (Phi) is 7.98. The summed E-state index contributed by atoms with van der Waals surface area (Å²) in [4.78, 5) is 6.24. The third-order valence-corrected chi connectivity index (χ3v) is 4.30. The number of aliphatic imine (C=N–C) groups is 1. The van der Waals surface area contributed by atoms with Crippen LogP contribution in [0, 0.1) is 11.7 Å². The van der Waals surface area contributed by atoms with E-state index in [9.17, 15) is 4.39 Å². The lowest BCUT2D eigenvalue weighted by molar-refractivity contribution is 0.122. The minimum Gasteiger partial charge on any atom is -0.378 e. The number of hydrogen-bond donors (Lipinski definition) is 2. The predicted molar refractivity (Wildman–Crippen MR) is 102 cm³/mol. The molecule has 1 aliphatic rings. The van der Waals surface area contributed by atoms with Crippen molar-refractivity contribution in [2.24, 2.45) is 10.9 Å². The first-order valence-electron chi connectivity index (χ1n) is 9.15. The Labute approximate surface area is 150 Å². The Morgan fingerprint density at radius 1 is 1.28 bits per heavy atom. The lowest BCUT2D eigenvalue weighted by Crippen LogP contribution is -2.37. The molecular formula is C19H31FN4O. The second-order valence-electron chi connectivity index (χ2n) is 6.77. The highest BCUT2D eigenvalue weighted by molar-refractivity contribution is 5.79. The summed E-state index contributed by atoms with van der Waals surface area (Å²) in [7, 11) is 1.75. The van der Waals surface area contributed by atoms with Crippen LogP contribution in [0.1, 0.15) is 32.3 Å². The average molecular weight is 350 g/mol. The van der Waals surface area contributed by atoms with Gasteiger partial charge in [-0.05, 0) is 36.5 Å². The maximum atomic E-state index is 14.4. The summed E-state index contributed by atoms with van der Waals surface area (Å²) in [6, 6.07) is 5.42. The van der Waals surface area contributed by atoms with E-state index in [4.69, 9.17) is 4.74 Å². The van der Waals surface area contributed by atoms with E-state index in [2.05, 4.69) is 29.5 Å². The maximum Gasteiger partial charge on any atom is 0.191 e. The van der Waals surface area contributed by atoms with E-state index in [1.807, 2.05) is 17.0 Å². The molecule has 1 aromatic carbocycles. The minimum absolute atomic E-state index is 0.180. The van der Waals surface area contributed by atoms with E-state index in [1.54, 1.807) is 13.1 Å². The first kappa shape index (κ1) is 19.5. The van der Waals surface area contributed by atoms with Crippen molar-refractivity contribution >= 4 is 11.6 Å². The summed E-state index contributed by atoms with van der Waals surface area (Å²) < 4.78 is 19.7. The number of benzene rings is 1. The Balaban J connectivity index is 1.82. The monoisotopic (exact) mass is 350 g/mol. The fourth-order valence-corrected chi connectivity index (χ4v) is 2.84. The number of rotatable bonds is 7. The van der Waals surface area contributed by atoms with E-state index in [0.717, 1.165) is 37.6 Å². The van der Waals surface area contributed by atoms with E-state index < -0.39 is 0 Å². The van der Waals surface area contributed by atoms with Gasteiger partial charge in [0.2, 0.25) is 0 Å². The van der Waals surface area contributed by atoms with Crippen molar-refractivity contribution in [1.82, 2.24) is 10.6 Å². The molecule has 0 amide bonds. The molecule has 25 heavy (non-hydrogen) atoms. The number of guanidine groups is 1. The zero-order valence-corrected chi connectivity index (χ0v) is 15.6. The quantitative estimate of drug-likeness (QED) is 0.451. The van der Waals surface area contributed by atoms with E-state index >= 15 is 0 Å². The second-order valence-corrected chi connectivity index (χ2v) is 6.77. The predicted octanol–water partition coefficient (Wildman–Crippen LogP) is 2.76. The Morgan fingerprint density at radius 3 is 2.68 bits per heavy atom. The van der Waals surface area contributed by atoms with Crippen LogP contribution < -0.4 is 15.5 Å². The van der Waals surface area contributed by atoms with Crippen molar-refractivity contribution in [3.63, 3.8) is 0 Å². The van der Waals surface area contributed by atoms with Crippen molar-refractivity contribution in [2.75, 3.05) is 44.8 Å². The summed E-state index contributed by atoms with van der Waals surface area (Å²) in [5.74, 6) is 1.28. The molecular weight excluding hydrogens is 319 g/mol. The minimum atomic E-state index is -0.180. The maximum absolute atomic E-state index is 14.4. The van der Waals surface area contributed by atoms with Gasteiger partial charge in [-0.25, -0.2) is 4.39 Å². The molecule has 0 bridgehead atoms. The number of morpholine rings is 1. The summed E-state index contributed by atoms with van der Waals surface area (Å²) in [6.07, 6.45) is 2.31. The summed E-state index contributed by atoms with van der Waals surface area (Å²) >= 11 is 0. The fourth-order valence-electron chi connectivity index (χ4n) is 2.84.